The van der Waals surface area contributed by atoms with Crippen LogP contribution in [0.25, 0.3) is 0 Å². The summed E-state index contributed by atoms with van der Waals surface area (Å²) in [5.74, 6) is 0. The van der Waals surface area contributed by atoms with Crippen molar-refractivity contribution in [1.82, 2.24) is 0 Å². The lowest BCUT2D eigenvalue weighted by molar-refractivity contribution is -0.387. The number of nitro groups is 1. The lowest BCUT2D eigenvalue weighted by Gasteiger charge is -2.32. The van der Waals surface area contributed by atoms with Crippen molar-refractivity contribution >= 4 is 5.69 Å². The minimum absolute atomic E-state index is 0.0658. The van der Waals surface area contributed by atoms with E-state index in [1.54, 1.807) is 0 Å². The molecular weight excluding hydrogens is 296 g/mol. The highest BCUT2D eigenvalue weighted by atomic mass is 19.4. The first-order valence-corrected chi connectivity index (χ1v) is 4.93. The molecule has 0 atom stereocenters. The molecule has 0 aromatic heterocycles. The fraction of sp³-hybridized carbons (Fsp3) is 0.400. The van der Waals surface area contributed by atoms with Crippen molar-refractivity contribution in [2.24, 2.45) is 0 Å². The Morgan fingerprint density at radius 2 is 1.55 bits per heavy atom. The Hall–Kier alpha value is -1.84. The SMILES string of the molecule is Cc1ccc(C(O)(C(F)(F)F)C(F)(F)F)cc1[N+](=O)[O-]. The van der Waals surface area contributed by atoms with Crippen molar-refractivity contribution in [3.05, 3.63) is 39.4 Å². The third kappa shape index (κ3) is 2.42. The molecule has 0 spiro atoms. The van der Waals surface area contributed by atoms with Crippen LogP contribution in [0.15, 0.2) is 18.2 Å². The Kier molecular flexibility index (Phi) is 3.74. The molecule has 112 valence electrons. The summed E-state index contributed by atoms with van der Waals surface area (Å²) in [4.78, 5) is 9.43. The molecule has 0 bridgehead atoms. The van der Waals surface area contributed by atoms with Crippen LogP contribution in [-0.4, -0.2) is 22.4 Å². The second-order valence-corrected chi connectivity index (χ2v) is 3.96. The fourth-order valence-corrected chi connectivity index (χ4v) is 1.52. The van der Waals surface area contributed by atoms with E-state index in [-0.39, 0.29) is 11.6 Å². The van der Waals surface area contributed by atoms with Gasteiger partial charge in [-0.25, -0.2) is 0 Å². The second-order valence-electron chi connectivity index (χ2n) is 3.96. The quantitative estimate of drug-likeness (QED) is 0.518. The van der Waals surface area contributed by atoms with Gasteiger partial charge < -0.3 is 5.11 Å². The van der Waals surface area contributed by atoms with Crippen LogP contribution in [0.5, 0.6) is 0 Å². The summed E-state index contributed by atoms with van der Waals surface area (Å²) in [7, 11) is 0. The average molecular weight is 303 g/mol. The molecule has 1 aromatic carbocycles. The zero-order valence-electron chi connectivity index (χ0n) is 9.71. The number of halogens is 6. The summed E-state index contributed by atoms with van der Waals surface area (Å²) >= 11 is 0. The van der Waals surface area contributed by atoms with E-state index in [9.17, 15) is 36.5 Å². The van der Waals surface area contributed by atoms with Crippen LogP contribution in [0.4, 0.5) is 32.0 Å². The maximum absolute atomic E-state index is 12.6. The maximum Gasteiger partial charge on any atom is 0.430 e. The number of nitro benzene ring substituents is 1. The van der Waals surface area contributed by atoms with E-state index in [0.717, 1.165) is 6.92 Å². The molecule has 0 amide bonds. The highest BCUT2D eigenvalue weighted by Gasteiger charge is 2.71. The van der Waals surface area contributed by atoms with E-state index in [1.807, 2.05) is 0 Å². The highest BCUT2D eigenvalue weighted by Crippen LogP contribution is 2.50. The largest absolute Gasteiger partial charge is 0.430 e. The standard InChI is InChI=1S/C10H7F6NO3/c1-5-2-3-6(4-7(5)17(19)20)8(18,9(11,12)13)10(14,15)16/h2-4,18H,1H3. The Bertz CT molecular complexity index is 523. The van der Waals surface area contributed by atoms with Gasteiger partial charge in [0.25, 0.3) is 11.3 Å². The minimum atomic E-state index is -6.08. The number of aryl methyl sites for hydroxylation is 1. The van der Waals surface area contributed by atoms with Crippen molar-refractivity contribution in [3.8, 4) is 0 Å². The molecule has 0 aliphatic rings. The van der Waals surface area contributed by atoms with E-state index in [2.05, 4.69) is 0 Å². The maximum atomic E-state index is 12.6. The Labute approximate surface area is 107 Å². The van der Waals surface area contributed by atoms with Crippen LogP contribution >= 0.6 is 0 Å². The van der Waals surface area contributed by atoms with Gasteiger partial charge in [-0.15, -0.1) is 0 Å². The normalized spacial score (nSPS) is 13.4. The van der Waals surface area contributed by atoms with Crippen LogP contribution in [0.1, 0.15) is 11.1 Å². The molecule has 0 radical (unpaired) electrons. The van der Waals surface area contributed by atoms with Crippen LogP contribution in [0, 0.1) is 17.0 Å². The Morgan fingerprint density at radius 3 is 1.90 bits per heavy atom. The predicted molar refractivity (Wildman–Crippen MR) is 53.8 cm³/mol. The summed E-state index contributed by atoms with van der Waals surface area (Å²) in [6.45, 7) is 1.14. The summed E-state index contributed by atoms with van der Waals surface area (Å²) in [5.41, 5.74) is -7.91. The summed E-state index contributed by atoms with van der Waals surface area (Å²) in [6, 6.07) is 1.12. The van der Waals surface area contributed by atoms with Gasteiger partial charge >= 0.3 is 12.4 Å². The summed E-state index contributed by atoms with van der Waals surface area (Å²) in [5, 5.41) is 19.6. The van der Waals surface area contributed by atoms with Crippen LogP contribution in [0.2, 0.25) is 0 Å². The van der Waals surface area contributed by atoms with E-state index in [0.29, 0.717) is 12.1 Å². The number of rotatable bonds is 2. The monoisotopic (exact) mass is 303 g/mol. The lowest BCUT2D eigenvalue weighted by Crippen LogP contribution is -2.53. The average Bonchev–Trinajstić information content (AvgIpc) is 2.25. The number of nitrogens with zero attached hydrogens (tertiary/aromatic N) is 1. The van der Waals surface area contributed by atoms with E-state index in [1.165, 1.54) is 0 Å². The van der Waals surface area contributed by atoms with Crippen LogP contribution < -0.4 is 0 Å². The molecule has 0 saturated heterocycles. The van der Waals surface area contributed by atoms with Gasteiger partial charge in [-0.2, -0.15) is 26.3 Å². The smallest absolute Gasteiger partial charge is 0.369 e. The number of hydrogen-bond acceptors (Lipinski definition) is 3. The number of aliphatic hydroxyl groups is 1. The molecule has 0 fully saturated rings. The summed E-state index contributed by atoms with van der Waals surface area (Å²) in [6.07, 6.45) is -12.2. The highest BCUT2D eigenvalue weighted by molar-refractivity contribution is 5.45. The van der Waals surface area contributed by atoms with Gasteiger partial charge in [0, 0.05) is 17.2 Å². The lowest BCUT2D eigenvalue weighted by atomic mass is 9.91. The molecule has 4 nitrogen and oxygen atoms in total. The van der Waals surface area contributed by atoms with Crippen LogP contribution in [-0.2, 0) is 5.60 Å². The number of alkyl halides is 6. The molecule has 1 rings (SSSR count). The molecule has 0 unspecified atom stereocenters. The zero-order valence-corrected chi connectivity index (χ0v) is 9.71. The third-order valence-electron chi connectivity index (χ3n) is 2.64. The molecule has 20 heavy (non-hydrogen) atoms. The van der Waals surface area contributed by atoms with Crippen LogP contribution in [0.3, 0.4) is 0 Å². The zero-order chi connectivity index (χ0) is 15.9. The van der Waals surface area contributed by atoms with Gasteiger partial charge in [-0.05, 0) is 6.92 Å². The van der Waals surface area contributed by atoms with Crippen molar-refractivity contribution in [2.75, 3.05) is 0 Å². The second kappa shape index (κ2) is 4.62. The molecule has 0 aliphatic carbocycles. The first kappa shape index (κ1) is 16.2. The molecule has 1 N–H and O–H groups in total. The van der Waals surface area contributed by atoms with Crippen molar-refractivity contribution < 1.29 is 36.4 Å². The van der Waals surface area contributed by atoms with E-state index < -0.39 is 34.1 Å². The molecule has 10 heteroatoms. The Morgan fingerprint density at radius 1 is 1.10 bits per heavy atom. The topological polar surface area (TPSA) is 63.4 Å². The molecule has 0 aliphatic heterocycles. The van der Waals surface area contributed by atoms with Crippen molar-refractivity contribution in [2.45, 2.75) is 24.9 Å². The van der Waals surface area contributed by atoms with Gasteiger partial charge in [0.1, 0.15) is 0 Å². The fourth-order valence-electron chi connectivity index (χ4n) is 1.52. The molecular formula is C10H7F6NO3. The predicted octanol–water partition coefficient (Wildman–Crippen LogP) is 3.22. The minimum Gasteiger partial charge on any atom is -0.369 e. The van der Waals surface area contributed by atoms with Gasteiger partial charge in [0.2, 0.25) is 0 Å². The van der Waals surface area contributed by atoms with E-state index in [4.69, 9.17) is 5.11 Å². The van der Waals surface area contributed by atoms with Gasteiger partial charge in [-0.1, -0.05) is 12.1 Å². The molecule has 1 aromatic rings. The van der Waals surface area contributed by atoms with Gasteiger partial charge in [0.15, 0.2) is 0 Å². The van der Waals surface area contributed by atoms with Crippen molar-refractivity contribution in [3.63, 3.8) is 0 Å². The third-order valence-corrected chi connectivity index (χ3v) is 2.64. The Balaban J connectivity index is 3.61. The van der Waals surface area contributed by atoms with Gasteiger partial charge in [-0.3, -0.25) is 10.1 Å². The summed E-state index contributed by atoms with van der Waals surface area (Å²) < 4.78 is 75.5. The van der Waals surface area contributed by atoms with E-state index >= 15 is 0 Å². The first-order chi connectivity index (χ1) is 8.82. The number of benzene rings is 1. The first-order valence-electron chi connectivity index (χ1n) is 4.93. The molecule has 0 saturated carbocycles. The number of hydrogen-bond donors (Lipinski definition) is 1. The molecule has 0 heterocycles. The van der Waals surface area contributed by atoms with Crippen molar-refractivity contribution in [1.29, 1.82) is 0 Å². The van der Waals surface area contributed by atoms with Gasteiger partial charge in [0.05, 0.1) is 4.92 Å².